The number of nitrogens with two attached hydrogens (primary N) is 1. The van der Waals surface area contributed by atoms with E-state index in [1.807, 2.05) is 11.9 Å². The summed E-state index contributed by atoms with van der Waals surface area (Å²) in [5, 5.41) is 3.97. The van der Waals surface area contributed by atoms with Crippen LogP contribution in [0.5, 0.6) is 6.01 Å². The number of nitrogens with zero attached hydrogens (tertiary/aromatic N) is 5. The third-order valence-electron chi connectivity index (χ3n) is 6.46. The molecule has 3 N–H and O–H groups in total. The summed E-state index contributed by atoms with van der Waals surface area (Å²) >= 11 is 6.43. The first-order valence-corrected chi connectivity index (χ1v) is 12.8. The van der Waals surface area contributed by atoms with Crippen LogP contribution in [0.1, 0.15) is 12.0 Å². The van der Waals surface area contributed by atoms with Crippen molar-refractivity contribution >= 4 is 34.1 Å². The van der Waals surface area contributed by atoms with E-state index < -0.39 is 18.4 Å². The fraction of sp³-hybridized carbons (Fsp3) is 0.480. The van der Waals surface area contributed by atoms with Crippen molar-refractivity contribution in [3.8, 4) is 17.3 Å². The number of fused-ring (bicyclic) bond motifs is 1. The van der Waals surface area contributed by atoms with Gasteiger partial charge in [0.15, 0.2) is 0 Å². The van der Waals surface area contributed by atoms with Crippen LogP contribution >= 0.6 is 11.6 Å². The Hall–Kier alpha value is -3.07. The maximum atomic E-state index is 13.6. The maximum Gasteiger partial charge on any atom is 0.418 e. The van der Waals surface area contributed by atoms with E-state index in [9.17, 15) is 22.0 Å². The van der Waals surface area contributed by atoms with E-state index in [0.29, 0.717) is 36.4 Å². The molecule has 4 heterocycles. The largest absolute Gasteiger partial charge is 0.467 e. The average molecular weight is 590 g/mol. The molecule has 1 aromatic carbocycles. The lowest BCUT2D eigenvalue weighted by molar-refractivity contribution is -0.158. The second kappa shape index (κ2) is 12.6. The number of methoxy groups -OCH3 is 1. The van der Waals surface area contributed by atoms with Crippen LogP contribution in [-0.2, 0) is 10.9 Å². The Morgan fingerprint density at radius 1 is 1.10 bits per heavy atom. The fourth-order valence-electron chi connectivity index (χ4n) is 4.56. The van der Waals surface area contributed by atoms with Crippen molar-refractivity contribution in [3.63, 3.8) is 0 Å². The Kier molecular flexibility index (Phi) is 9.44. The maximum absolute atomic E-state index is 13.6. The van der Waals surface area contributed by atoms with E-state index >= 15 is 0 Å². The molecule has 3 aromatic rings. The summed E-state index contributed by atoms with van der Waals surface area (Å²) in [5.74, 6) is 0.569. The van der Waals surface area contributed by atoms with Crippen molar-refractivity contribution in [2.75, 3.05) is 64.1 Å². The van der Waals surface area contributed by atoms with Crippen LogP contribution in [0.25, 0.3) is 22.2 Å². The van der Waals surface area contributed by atoms with Gasteiger partial charge in [0.1, 0.15) is 11.6 Å². The van der Waals surface area contributed by atoms with Crippen LogP contribution in [0.15, 0.2) is 24.3 Å². The second-order valence-corrected chi connectivity index (χ2v) is 9.73. The topological polar surface area (TPSA) is 102 Å². The molecule has 2 aromatic heterocycles. The zero-order valence-corrected chi connectivity index (χ0v) is 22.6. The average Bonchev–Trinajstić information content (AvgIpc) is 3.31. The minimum Gasteiger partial charge on any atom is -0.467 e. The Labute approximate surface area is 232 Å². The number of alkyl halides is 5. The molecule has 9 nitrogen and oxygen atoms in total. The van der Waals surface area contributed by atoms with Crippen LogP contribution in [-0.4, -0.2) is 86.0 Å². The summed E-state index contributed by atoms with van der Waals surface area (Å²) in [6.45, 7) is 1.86. The molecule has 2 aliphatic rings. The number of likely N-dealkylation sites (N-methyl/N-ethyl adjacent to an activating group) is 1. The number of nitrogen functional groups attached to an aromatic ring is 1. The highest BCUT2D eigenvalue weighted by molar-refractivity contribution is 6.34. The number of hydrogen-bond donors (Lipinski definition) is 2. The van der Waals surface area contributed by atoms with Gasteiger partial charge in [-0.2, -0.15) is 31.9 Å². The minimum absolute atomic E-state index is 0.0454. The lowest BCUT2D eigenvalue weighted by Crippen LogP contribution is -2.44. The Morgan fingerprint density at radius 3 is 2.42 bits per heavy atom. The standard InChI is InChI=1S/C19H18ClF3N6O.C6H11F2NO/c1-30-18-26-14-9-10(16-12(19(21,22)23)2-3-15(24)27-16)13(20)8-11(14)17(28-18)29-6-4-25-5-7-29;1-9-3-2-5(4-9)10-6(7)8/h2-3,8-9,25H,4-7H2,1H3,(H2,24,27);5-6H,2-4H2,1H3. The number of anilines is 2. The molecule has 1 atom stereocenters. The molecule has 0 spiro atoms. The highest BCUT2D eigenvalue weighted by Gasteiger charge is 2.35. The second-order valence-electron chi connectivity index (χ2n) is 9.32. The van der Waals surface area contributed by atoms with Gasteiger partial charge in [0.25, 0.3) is 0 Å². The number of piperazine rings is 1. The molecule has 0 amide bonds. The molecule has 2 aliphatic heterocycles. The molecular weight excluding hydrogens is 561 g/mol. The van der Waals surface area contributed by atoms with E-state index in [-0.39, 0.29) is 34.2 Å². The number of likely N-dealkylation sites (tertiary alicyclic amines) is 1. The first-order chi connectivity index (χ1) is 19.0. The summed E-state index contributed by atoms with van der Waals surface area (Å²) in [6.07, 6.45) is -4.16. The van der Waals surface area contributed by atoms with Gasteiger partial charge in [-0.15, -0.1) is 0 Å². The molecular formula is C25H29ClF5N7O2. The quantitative estimate of drug-likeness (QED) is 0.422. The number of pyridine rings is 1. The van der Waals surface area contributed by atoms with Crippen molar-refractivity contribution in [3.05, 3.63) is 34.9 Å². The predicted octanol–water partition coefficient (Wildman–Crippen LogP) is 4.29. The number of benzene rings is 1. The Bertz CT molecular complexity index is 1320. The number of rotatable bonds is 5. The van der Waals surface area contributed by atoms with Gasteiger partial charge in [-0.25, -0.2) is 4.98 Å². The molecule has 2 fully saturated rings. The van der Waals surface area contributed by atoms with Crippen molar-refractivity contribution < 1.29 is 31.4 Å². The van der Waals surface area contributed by atoms with Gasteiger partial charge >= 0.3 is 18.8 Å². The van der Waals surface area contributed by atoms with E-state index in [2.05, 4.69) is 29.9 Å². The Morgan fingerprint density at radius 2 is 1.82 bits per heavy atom. The summed E-state index contributed by atoms with van der Waals surface area (Å²) in [6, 6.07) is 5.14. The number of halogens is 6. The van der Waals surface area contributed by atoms with Gasteiger partial charge in [-0.3, -0.25) is 0 Å². The highest BCUT2D eigenvalue weighted by atomic mass is 35.5. The summed E-state index contributed by atoms with van der Waals surface area (Å²) in [7, 11) is 3.33. The molecule has 5 rings (SSSR count). The normalized spacial score (nSPS) is 18.2. The Balaban J connectivity index is 0.000000312. The lowest BCUT2D eigenvalue weighted by atomic mass is 10.0. The third kappa shape index (κ3) is 7.16. The predicted molar refractivity (Wildman–Crippen MR) is 142 cm³/mol. The molecule has 15 heteroatoms. The number of ether oxygens (including phenoxy) is 2. The summed E-state index contributed by atoms with van der Waals surface area (Å²) < 4.78 is 73.3. The molecule has 0 radical (unpaired) electrons. The van der Waals surface area contributed by atoms with Crippen LogP contribution < -0.4 is 20.7 Å². The SMILES string of the molecule is CN1CCC(OC(F)F)C1.COc1nc(N2CCNCC2)c2cc(Cl)c(-c3nc(N)ccc3C(F)(F)F)cc2n1. The van der Waals surface area contributed by atoms with Gasteiger partial charge in [0, 0.05) is 50.2 Å². The van der Waals surface area contributed by atoms with Gasteiger partial charge in [-0.05, 0) is 37.7 Å². The molecule has 1 unspecified atom stereocenters. The summed E-state index contributed by atoms with van der Waals surface area (Å²) in [5.41, 5.74) is 4.85. The first-order valence-electron chi connectivity index (χ1n) is 12.4. The number of nitrogens with one attached hydrogen (secondary N) is 1. The van der Waals surface area contributed by atoms with E-state index in [1.54, 1.807) is 6.07 Å². The van der Waals surface area contributed by atoms with Crippen LogP contribution in [0.4, 0.5) is 33.6 Å². The zero-order valence-electron chi connectivity index (χ0n) is 21.8. The molecule has 2 saturated heterocycles. The third-order valence-corrected chi connectivity index (χ3v) is 6.78. The molecule has 0 bridgehead atoms. The van der Waals surface area contributed by atoms with Gasteiger partial charge in [-0.1, -0.05) is 11.6 Å². The van der Waals surface area contributed by atoms with Crippen molar-refractivity contribution in [2.24, 2.45) is 0 Å². The fourth-order valence-corrected chi connectivity index (χ4v) is 4.82. The van der Waals surface area contributed by atoms with Crippen LogP contribution in [0, 0.1) is 0 Å². The molecule has 40 heavy (non-hydrogen) atoms. The molecule has 0 aliphatic carbocycles. The lowest BCUT2D eigenvalue weighted by Gasteiger charge is -2.29. The van der Waals surface area contributed by atoms with E-state index in [4.69, 9.17) is 22.1 Å². The van der Waals surface area contributed by atoms with Gasteiger partial charge < -0.3 is 30.3 Å². The van der Waals surface area contributed by atoms with Gasteiger partial charge in [0.2, 0.25) is 0 Å². The van der Waals surface area contributed by atoms with Crippen LogP contribution in [0.3, 0.4) is 0 Å². The minimum atomic E-state index is -4.62. The van der Waals surface area contributed by atoms with Crippen molar-refractivity contribution in [1.29, 1.82) is 0 Å². The monoisotopic (exact) mass is 589 g/mol. The highest BCUT2D eigenvalue weighted by Crippen LogP contribution is 2.41. The molecule has 0 saturated carbocycles. The van der Waals surface area contributed by atoms with Crippen LogP contribution in [0.2, 0.25) is 5.02 Å². The zero-order chi connectivity index (χ0) is 29.0. The summed E-state index contributed by atoms with van der Waals surface area (Å²) in [4.78, 5) is 16.7. The number of hydrogen-bond acceptors (Lipinski definition) is 9. The van der Waals surface area contributed by atoms with Gasteiger partial charge in [0.05, 0.1) is 35.0 Å². The molecule has 218 valence electrons. The smallest absolute Gasteiger partial charge is 0.418 e. The van der Waals surface area contributed by atoms with E-state index in [1.165, 1.54) is 13.2 Å². The first kappa shape index (κ1) is 29.9. The van der Waals surface area contributed by atoms with Crippen molar-refractivity contribution in [2.45, 2.75) is 25.3 Å². The van der Waals surface area contributed by atoms with E-state index in [0.717, 1.165) is 38.2 Å². The van der Waals surface area contributed by atoms with Crippen molar-refractivity contribution in [1.82, 2.24) is 25.2 Å². The number of aromatic nitrogens is 3.